The second-order valence-corrected chi connectivity index (χ2v) is 12.1. The average Bonchev–Trinajstić information content (AvgIpc) is 2.81. The maximum atomic E-state index is 13.2. The Bertz CT molecular complexity index is 1460. The van der Waals surface area contributed by atoms with Crippen molar-refractivity contribution in [3.05, 3.63) is 81.4 Å². The predicted molar refractivity (Wildman–Crippen MR) is 144 cm³/mol. The first-order valence-corrected chi connectivity index (χ1v) is 13.8. The van der Waals surface area contributed by atoms with Gasteiger partial charge in [-0.25, -0.2) is 18.1 Å². The summed E-state index contributed by atoms with van der Waals surface area (Å²) in [6.07, 6.45) is 9.11. The number of sulfonamides is 1. The van der Waals surface area contributed by atoms with Gasteiger partial charge in [0.2, 0.25) is 5.88 Å². The number of rotatable bonds is 6. The number of allylic oxidation sites excluding steroid dienone is 6. The van der Waals surface area contributed by atoms with Gasteiger partial charge in [0.05, 0.1) is 5.69 Å². The molecule has 2 aliphatic rings. The number of hydrogen-bond acceptors (Lipinski definition) is 6. The molecule has 7 nitrogen and oxygen atoms in total. The van der Waals surface area contributed by atoms with E-state index in [4.69, 9.17) is 4.74 Å². The van der Waals surface area contributed by atoms with Gasteiger partial charge in [0.25, 0.3) is 15.9 Å². The molecule has 0 saturated heterocycles. The van der Waals surface area contributed by atoms with E-state index in [0.29, 0.717) is 11.4 Å². The van der Waals surface area contributed by atoms with Crippen molar-refractivity contribution in [2.45, 2.75) is 60.3 Å². The molecule has 2 aliphatic carbocycles. The minimum Gasteiger partial charge on any atom is -0.438 e. The van der Waals surface area contributed by atoms with Crippen LogP contribution < -0.4 is 9.46 Å². The lowest BCUT2D eigenvalue weighted by Crippen LogP contribution is -2.34. The minimum absolute atomic E-state index is 0.00910. The molecule has 1 aromatic carbocycles. The van der Waals surface area contributed by atoms with Gasteiger partial charge in [0, 0.05) is 6.42 Å². The van der Waals surface area contributed by atoms with E-state index in [0.717, 1.165) is 41.5 Å². The van der Waals surface area contributed by atoms with E-state index >= 15 is 0 Å². The van der Waals surface area contributed by atoms with Crippen LogP contribution in [0, 0.1) is 26.2 Å². The van der Waals surface area contributed by atoms with Crippen molar-refractivity contribution < 1.29 is 22.7 Å². The number of aromatic nitrogens is 1. The molecule has 194 valence electrons. The van der Waals surface area contributed by atoms with Crippen molar-refractivity contribution in [3.8, 4) is 11.6 Å². The van der Waals surface area contributed by atoms with Crippen molar-refractivity contribution in [2.75, 3.05) is 0 Å². The van der Waals surface area contributed by atoms with Crippen molar-refractivity contribution in [2.24, 2.45) is 5.41 Å². The molecule has 0 saturated carbocycles. The summed E-state index contributed by atoms with van der Waals surface area (Å²) < 4.78 is 33.9. The zero-order valence-corrected chi connectivity index (χ0v) is 22.7. The van der Waals surface area contributed by atoms with Gasteiger partial charge in [-0.2, -0.15) is 0 Å². The van der Waals surface area contributed by atoms with Crippen LogP contribution >= 0.6 is 0 Å². The van der Waals surface area contributed by atoms with Crippen LogP contribution in [0.15, 0.2) is 53.5 Å². The molecule has 37 heavy (non-hydrogen) atoms. The summed E-state index contributed by atoms with van der Waals surface area (Å²) in [6, 6.07) is 7.17. The van der Waals surface area contributed by atoms with Crippen LogP contribution in [0.2, 0.25) is 0 Å². The number of Topliss-reactive ketones (excluding diaryl/α,β-unsaturated/α-hetero) is 1. The topological polar surface area (TPSA) is 102 Å². The first-order valence-electron chi connectivity index (χ1n) is 12.3. The van der Waals surface area contributed by atoms with Crippen LogP contribution in [0.3, 0.4) is 0 Å². The van der Waals surface area contributed by atoms with E-state index in [9.17, 15) is 18.0 Å². The van der Waals surface area contributed by atoms with Gasteiger partial charge >= 0.3 is 0 Å². The first-order chi connectivity index (χ1) is 17.4. The molecular weight excluding hydrogens is 488 g/mol. The summed E-state index contributed by atoms with van der Waals surface area (Å²) in [6.45, 7) is 10.2. The lowest BCUT2D eigenvalue weighted by molar-refractivity contribution is -0.114. The van der Waals surface area contributed by atoms with E-state index in [-0.39, 0.29) is 23.3 Å². The summed E-state index contributed by atoms with van der Waals surface area (Å²) in [5, 5.41) is 0. The number of nitrogens with zero attached hydrogens (tertiary/aromatic N) is 1. The first kappa shape index (κ1) is 26.5. The number of ether oxygens (including phenoxy) is 1. The van der Waals surface area contributed by atoms with Crippen molar-refractivity contribution in [3.63, 3.8) is 0 Å². The largest absolute Gasteiger partial charge is 0.438 e. The molecule has 0 unspecified atom stereocenters. The van der Waals surface area contributed by atoms with Gasteiger partial charge in [-0.1, -0.05) is 49.8 Å². The van der Waals surface area contributed by atoms with E-state index in [2.05, 4.69) is 24.9 Å². The number of hydrogen-bond donors (Lipinski definition) is 1. The number of carbonyl (C=O) groups excluding carboxylic acids is 2. The highest BCUT2D eigenvalue weighted by Gasteiger charge is 2.30. The Labute approximate surface area is 218 Å². The molecule has 1 aromatic heterocycles. The fourth-order valence-corrected chi connectivity index (χ4v) is 5.70. The molecule has 0 fully saturated rings. The molecule has 0 spiro atoms. The fourth-order valence-electron chi connectivity index (χ4n) is 4.60. The molecule has 1 N–H and O–H groups in total. The van der Waals surface area contributed by atoms with E-state index < -0.39 is 26.6 Å². The standard InChI is InChI=1S/C29H32N2O5S/c1-18-16-19(2)26(20(3)17-18)36-28-22(10-11-23(30-28)21-12-14-29(4,5)15-13-21)27(33)31-37(34,35)25-9-7-6-8-24(25)32/h6-7,9-12,16-17H,8,13-15H2,1-5H3,(H,31,33). The Morgan fingerprint density at radius 3 is 2.43 bits per heavy atom. The van der Waals surface area contributed by atoms with Crippen LogP contribution in [0.25, 0.3) is 5.57 Å². The Hall–Kier alpha value is -3.52. The summed E-state index contributed by atoms with van der Waals surface area (Å²) in [5.41, 5.74) is 4.73. The van der Waals surface area contributed by atoms with Gasteiger partial charge in [0.15, 0.2) is 5.78 Å². The van der Waals surface area contributed by atoms with Gasteiger partial charge in [0.1, 0.15) is 16.2 Å². The zero-order chi connectivity index (χ0) is 27.0. The lowest BCUT2D eigenvalue weighted by Gasteiger charge is -2.28. The number of nitrogens with one attached hydrogen (secondary N) is 1. The van der Waals surface area contributed by atoms with E-state index in [1.807, 2.05) is 37.6 Å². The van der Waals surface area contributed by atoms with Crippen LogP contribution in [-0.4, -0.2) is 25.1 Å². The number of amides is 1. The van der Waals surface area contributed by atoms with Crippen LogP contribution in [0.1, 0.15) is 72.3 Å². The smallest absolute Gasteiger partial charge is 0.270 e. The second-order valence-electron chi connectivity index (χ2n) is 10.5. The highest BCUT2D eigenvalue weighted by molar-refractivity contribution is 7.95. The highest BCUT2D eigenvalue weighted by Crippen LogP contribution is 2.39. The monoisotopic (exact) mass is 520 g/mol. The Balaban J connectivity index is 1.74. The van der Waals surface area contributed by atoms with Gasteiger partial charge < -0.3 is 4.74 Å². The lowest BCUT2D eigenvalue weighted by atomic mass is 9.78. The minimum atomic E-state index is -4.37. The highest BCUT2D eigenvalue weighted by atomic mass is 32.2. The second kappa shape index (κ2) is 10.1. The molecule has 1 amide bonds. The number of ketones is 1. The third-order valence-electron chi connectivity index (χ3n) is 6.69. The summed E-state index contributed by atoms with van der Waals surface area (Å²) in [4.78, 5) is 29.6. The van der Waals surface area contributed by atoms with Crippen molar-refractivity contribution >= 4 is 27.3 Å². The molecule has 2 aromatic rings. The normalized spacial score (nSPS) is 17.2. The number of carbonyl (C=O) groups is 2. The quantitative estimate of drug-likeness (QED) is 0.511. The van der Waals surface area contributed by atoms with Gasteiger partial charge in [-0.05, 0) is 80.4 Å². The molecule has 4 rings (SSSR count). The average molecular weight is 521 g/mol. The van der Waals surface area contributed by atoms with Crippen molar-refractivity contribution in [1.82, 2.24) is 9.71 Å². The predicted octanol–water partition coefficient (Wildman–Crippen LogP) is 5.87. The molecule has 0 radical (unpaired) electrons. The summed E-state index contributed by atoms with van der Waals surface area (Å²) in [5.74, 6) is -0.930. The van der Waals surface area contributed by atoms with E-state index in [1.54, 1.807) is 12.1 Å². The molecule has 0 bridgehead atoms. The van der Waals surface area contributed by atoms with Crippen LogP contribution in [-0.2, 0) is 14.8 Å². The zero-order valence-electron chi connectivity index (χ0n) is 21.8. The Morgan fingerprint density at radius 1 is 1.11 bits per heavy atom. The molecular formula is C29H32N2O5S. The number of aryl methyl sites for hydroxylation is 3. The summed E-state index contributed by atoms with van der Waals surface area (Å²) in [7, 11) is -4.37. The fraction of sp³-hybridized carbons (Fsp3) is 0.345. The number of benzene rings is 1. The van der Waals surface area contributed by atoms with Gasteiger partial charge in [-0.15, -0.1) is 0 Å². The Morgan fingerprint density at radius 2 is 1.81 bits per heavy atom. The molecule has 8 heteroatoms. The van der Waals surface area contributed by atoms with Gasteiger partial charge in [-0.3, -0.25) is 9.59 Å². The third-order valence-corrected chi connectivity index (χ3v) is 8.08. The molecule has 0 atom stereocenters. The summed E-state index contributed by atoms with van der Waals surface area (Å²) >= 11 is 0. The maximum absolute atomic E-state index is 13.2. The van der Waals surface area contributed by atoms with Crippen molar-refractivity contribution in [1.29, 1.82) is 0 Å². The molecule has 1 heterocycles. The maximum Gasteiger partial charge on any atom is 0.270 e. The van der Waals surface area contributed by atoms with E-state index in [1.165, 1.54) is 18.2 Å². The molecule has 0 aliphatic heterocycles. The van der Waals surface area contributed by atoms with Crippen LogP contribution in [0.5, 0.6) is 11.6 Å². The van der Waals surface area contributed by atoms with Crippen LogP contribution in [0.4, 0.5) is 0 Å². The Kier molecular flexibility index (Phi) is 7.24. The SMILES string of the molecule is Cc1cc(C)c(Oc2nc(C3=CCC(C)(C)CC3)ccc2C(=O)NS(=O)(=O)C2=CC=CCC2=O)c(C)c1. The third kappa shape index (κ3) is 5.91. The number of pyridine rings is 1.